The van der Waals surface area contributed by atoms with E-state index in [4.69, 9.17) is 9.26 Å². The number of hydrogen-bond acceptors (Lipinski definition) is 3. The van der Waals surface area contributed by atoms with Gasteiger partial charge in [0.15, 0.2) is 0 Å². The number of morpholine rings is 1. The fourth-order valence-electron chi connectivity index (χ4n) is 0.909. The normalized spacial score (nSPS) is 21.7. The van der Waals surface area contributed by atoms with Gasteiger partial charge in [0.1, 0.15) is 6.61 Å². The molecule has 0 spiro atoms. The molecule has 1 heterocycles. The highest BCUT2D eigenvalue weighted by Gasteiger charge is 2.30. The van der Waals surface area contributed by atoms with Crippen molar-refractivity contribution in [2.24, 2.45) is 0 Å². The van der Waals surface area contributed by atoms with Crippen molar-refractivity contribution in [2.75, 3.05) is 32.9 Å². The lowest BCUT2D eigenvalue weighted by atomic mass is 10.5. The molecular weight excluding hydrogens is 165 g/mol. The van der Waals surface area contributed by atoms with Crippen molar-refractivity contribution in [3.63, 3.8) is 0 Å². The van der Waals surface area contributed by atoms with Crippen LogP contribution < -0.4 is 0 Å². The molecule has 1 saturated heterocycles. The van der Waals surface area contributed by atoms with Gasteiger partial charge >= 0.3 is 8.18 Å². The van der Waals surface area contributed by atoms with Crippen LogP contribution in [0.3, 0.4) is 0 Å². The lowest BCUT2D eigenvalue weighted by molar-refractivity contribution is 0.0679. The summed E-state index contributed by atoms with van der Waals surface area (Å²) in [4.78, 5) is 0. The average molecular weight is 178 g/mol. The molecule has 0 N–H and O–H groups in total. The molecule has 0 amide bonds. The Hall–Kier alpha value is -0.0200. The molecular formula is C6H13NO3P+. The number of ether oxygens (including phenoxy) is 1. The molecule has 11 heavy (non-hydrogen) atoms. The van der Waals surface area contributed by atoms with E-state index in [-0.39, 0.29) is 0 Å². The topological polar surface area (TPSA) is 38.8 Å². The van der Waals surface area contributed by atoms with Crippen molar-refractivity contribution < 1.29 is 13.8 Å². The summed E-state index contributed by atoms with van der Waals surface area (Å²) in [6, 6.07) is 0. The van der Waals surface area contributed by atoms with Gasteiger partial charge in [0.2, 0.25) is 0 Å². The first-order valence-electron chi connectivity index (χ1n) is 3.77. The molecule has 0 radical (unpaired) electrons. The molecule has 0 aromatic rings. The summed E-state index contributed by atoms with van der Waals surface area (Å²) in [7, 11) is -1.60. The van der Waals surface area contributed by atoms with Gasteiger partial charge in [0.05, 0.1) is 26.3 Å². The minimum absolute atomic E-state index is 0.507. The number of hydrogen-bond donors (Lipinski definition) is 0. The molecule has 1 atom stereocenters. The third-order valence-electron chi connectivity index (χ3n) is 1.46. The largest absolute Gasteiger partial charge is 0.615 e. The molecule has 1 rings (SSSR count). The summed E-state index contributed by atoms with van der Waals surface area (Å²) in [5.41, 5.74) is 0. The van der Waals surface area contributed by atoms with E-state index in [9.17, 15) is 4.57 Å². The van der Waals surface area contributed by atoms with Crippen LogP contribution in [0.5, 0.6) is 0 Å². The summed E-state index contributed by atoms with van der Waals surface area (Å²) < 4.78 is 23.1. The monoisotopic (exact) mass is 178 g/mol. The Labute approximate surface area is 67.4 Å². The molecule has 0 aromatic heterocycles. The van der Waals surface area contributed by atoms with Crippen molar-refractivity contribution in [1.82, 2.24) is 4.67 Å². The molecule has 64 valence electrons. The van der Waals surface area contributed by atoms with Gasteiger partial charge in [0.25, 0.3) is 0 Å². The van der Waals surface area contributed by atoms with E-state index < -0.39 is 8.18 Å². The third-order valence-corrected chi connectivity index (χ3v) is 2.80. The van der Waals surface area contributed by atoms with Crippen molar-refractivity contribution in [1.29, 1.82) is 0 Å². The van der Waals surface area contributed by atoms with E-state index in [1.807, 2.05) is 11.6 Å². The second-order valence-electron chi connectivity index (χ2n) is 2.22. The number of nitrogens with zero attached hydrogens (tertiary/aromatic N) is 1. The smallest absolute Gasteiger partial charge is 0.378 e. The quantitative estimate of drug-likeness (QED) is 0.604. The van der Waals surface area contributed by atoms with E-state index >= 15 is 0 Å². The van der Waals surface area contributed by atoms with Crippen molar-refractivity contribution in [3.8, 4) is 0 Å². The van der Waals surface area contributed by atoms with Gasteiger partial charge in [-0.25, -0.2) is 0 Å². The second-order valence-corrected chi connectivity index (χ2v) is 3.52. The maximum atomic E-state index is 11.2. The zero-order valence-electron chi connectivity index (χ0n) is 6.65. The molecule has 0 aromatic carbocycles. The third kappa shape index (κ3) is 2.83. The van der Waals surface area contributed by atoms with Gasteiger partial charge in [0, 0.05) is 0 Å². The highest BCUT2D eigenvalue weighted by molar-refractivity contribution is 7.36. The van der Waals surface area contributed by atoms with Crippen LogP contribution in [0.25, 0.3) is 0 Å². The highest BCUT2D eigenvalue weighted by Crippen LogP contribution is 2.28. The van der Waals surface area contributed by atoms with Crippen molar-refractivity contribution in [3.05, 3.63) is 0 Å². The summed E-state index contributed by atoms with van der Waals surface area (Å²) in [6.45, 7) is 5.10. The van der Waals surface area contributed by atoms with Gasteiger partial charge in [-0.2, -0.15) is 0 Å². The van der Waals surface area contributed by atoms with Gasteiger partial charge < -0.3 is 4.74 Å². The summed E-state index contributed by atoms with van der Waals surface area (Å²) in [5.74, 6) is 0. The van der Waals surface area contributed by atoms with Gasteiger partial charge in [-0.3, -0.25) is 0 Å². The minimum Gasteiger partial charge on any atom is -0.378 e. The standard InChI is InChI=1S/C6H13NO3P/c1-2-10-11(8)7-3-5-9-6-4-7/h2-6H2,1H3/q+1. The van der Waals surface area contributed by atoms with Gasteiger partial charge in [-0.15, -0.1) is 4.52 Å². The Bertz CT molecular complexity index is 136. The Morgan fingerprint density at radius 1 is 1.55 bits per heavy atom. The van der Waals surface area contributed by atoms with Crippen LogP contribution in [0.1, 0.15) is 6.92 Å². The second kappa shape index (κ2) is 4.78. The SMILES string of the molecule is CCO[P+](=O)N1CCOCC1. The van der Waals surface area contributed by atoms with Crippen molar-refractivity contribution in [2.45, 2.75) is 6.92 Å². The van der Waals surface area contributed by atoms with Crippen LogP contribution in [0.2, 0.25) is 0 Å². The Kier molecular flexibility index (Phi) is 3.94. The van der Waals surface area contributed by atoms with Crippen LogP contribution in [0, 0.1) is 0 Å². The minimum atomic E-state index is -1.60. The molecule has 1 aliphatic heterocycles. The molecule has 0 aliphatic carbocycles. The van der Waals surface area contributed by atoms with Crippen LogP contribution in [0.4, 0.5) is 0 Å². The summed E-state index contributed by atoms with van der Waals surface area (Å²) >= 11 is 0. The molecule has 0 saturated carbocycles. The first-order valence-corrected chi connectivity index (χ1v) is 4.90. The van der Waals surface area contributed by atoms with E-state index in [0.717, 1.165) is 13.1 Å². The van der Waals surface area contributed by atoms with E-state index in [0.29, 0.717) is 19.8 Å². The van der Waals surface area contributed by atoms with E-state index in [1.165, 1.54) is 0 Å². The Morgan fingerprint density at radius 2 is 2.18 bits per heavy atom. The molecule has 1 aliphatic rings. The Morgan fingerprint density at radius 3 is 2.73 bits per heavy atom. The zero-order chi connectivity index (χ0) is 8.10. The zero-order valence-corrected chi connectivity index (χ0v) is 7.55. The van der Waals surface area contributed by atoms with Crippen LogP contribution in [-0.2, 0) is 13.8 Å². The van der Waals surface area contributed by atoms with E-state index in [2.05, 4.69) is 0 Å². The summed E-state index contributed by atoms with van der Waals surface area (Å²) in [5, 5.41) is 0. The lowest BCUT2D eigenvalue weighted by Crippen LogP contribution is -2.31. The molecule has 4 nitrogen and oxygen atoms in total. The van der Waals surface area contributed by atoms with Crippen LogP contribution >= 0.6 is 8.18 Å². The molecule has 5 heteroatoms. The maximum absolute atomic E-state index is 11.2. The van der Waals surface area contributed by atoms with Crippen LogP contribution in [0.15, 0.2) is 0 Å². The average Bonchev–Trinajstić information content (AvgIpc) is 2.07. The molecule has 1 unspecified atom stereocenters. The Balaban J connectivity index is 2.27. The fourth-order valence-corrected chi connectivity index (χ4v) is 1.78. The first kappa shape index (κ1) is 9.07. The maximum Gasteiger partial charge on any atom is 0.615 e. The van der Waals surface area contributed by atoms with Gasteiger partial charge in [-0.05, 0) is 11.5 Å². The lowest BCUT2D eigenvalue weighted by Gasteiger charge is -2.15. The number of rotatable bonds is 3. The highest BCUT2D eigenvalue weighted by atomic mass is 31.1. The predicted octanol–water partition coefficient (Wildman–Crippen LogP) is 1.01. The van der Waals surface area contributed by atoms with Gasteiger partial charge in [-0.1, -0.05) is 4.67 Å². The summed E-state index contributed by atoms with van der Waals surface area (Å²) in [6.07, 6.45) is 0. The van der Waals surface area contributed by atoms with Crippen LogP contribution in [-0.4, -0.2) is 37.6 Å². The fraction of sp³-hybridized carbons (Fsp3) is 1.00. The van der Waals surface area contributed by atoms with Crippen molar-refractivity contribution >= 4 is 8.18 Å². The van der Waals surface area contributed by atoms with E-state index in [1.54, 1.807) is 0 Å². The molecule has 0 bridgehead atoms. The molecule has 1 fully saturated rings. The first-order chi connectivity index (χ1) is 5.34. The predicted molar refractivity (Wildman–Crippen MR) is 41.6 cm³/mol.